The van der Waals surface area contributed by atoms with Crippen LogP contribution < -0.4 is 0 Å². The quantitative estimate of drug-likeness (QED) is 0.556. The number of carbonyl (C=O) groups is 1. The van der Waals surface area contributed by atoms with Gasteiger partial charge in [0.05, 0.1) is 7.11 Å². The zero-order chi connectivity index (χ0) is 10.1. The number of esters is 1. The average Bonchev–Trinajstić information content (AvgIpc) is 2.96. The fourth-order valence-corrected chi connectivity index (χ4v) is 1.54. The van der Waals surface area contributed by atoms with Crippen molar-refractivity contribution in [3.8, 4) is 0 Å². The van der Waals surface area contributed by atoms with Gasteiger partial charge in [-0.2, -0.15) is 0 Å². The Kier molecular flexibility index (Phi) is 2.44. The number of hydrogen-bond donors (Lipinski definition) is 0. The van der Waals surface area contributed by atoms with Gasteiger partial charge in [-0.05, 0) is 17.7 Å². The zero-order valence-corrected chi connectivity index (χ0v) is 8.32. The van der Waals surface area contributed by atoms with Crippen molar-refractivity contribution in [2.45, 2.75) is 12.2 Å². The molecule has 1 aliphatic rings. The third-order valence-electron chi connectivity index (χ3n) is 2.10. The summed E-state index contributed by atoms with van der Waals surface area (Å²) < 4.78 is 9.74. The standard InChI is InChI=1S/C10H9ClO3/c1-13-10(12)9-8(14-9)6-3-2-4-7(11)5-6/h2-5,8-9H,1H3. The molecule has 1 aliphatic heterocycles. The molecule has 3 nitrogen and oxygen atoms in total. The van der Waals surface area contributed by atoms with E-state index in [4.69, 9.17) is 16.3 Å². The van der Waals surface area contributed by atoms with Crippen LogP contribution in [0, 0.1) is 0 Å². The molecule has 1 heterocycles. The van der Waals surface area contributed by atoms with Crippen molar-refractivity contribution in [1.29, 1.82) is 0 Å². The Morgan fingerprint density at radius 3 is 3.00 bits per heavy atom. The maximum Gasteiger partial charge on any atom is 0.338 e. The van der Waals surface area contributed by atoms with Crippen LogP contribution in [0.1, 0.15) is 11.7 Å². The molecule has 1 aromatic rings. The summed E-state index contributed by atoms with van der Waals surface area (Å²) >= 11 is 5.81. The van der Waals surface area contributed by atoms with Gasteiger partial charge in [0.1, 0.15) is 6.10 Å². The van der Waals surface area contributed by atoms with Crippen LogP contribution in [0.15, 0.2) is 24.3 Å². The smallest absolute Gasteiger partial charge is 0.338 e. The molecule has 0 aliphatic carbocycles. The van der Waals surface area contributed by atoms with Crippen LogP contribution >= 0.6 is 11.6 Å². The SMILES string of the molecule is COC(=O)C1OC1c1cccc(Cl)c1. The Balaban J connectivity index is 2.09. The number of carbonyl (C=O) groups excluding carboxylic acids is 1. The summed E-state index contributed by atoms with van der Waals surface area (Å²) in [6, 6.07) is 7.27. The third kappa shape index (κ3) is 1.74. The second kappa shape index (κ2) is 3.59. The lowest BCUT2D eigenvalue weighted by Gasteiger charge is -1.96. The van der Waals surface area contributed by atoms with Crippen LogP contribution in [0.4, 0.5) is 0 Å². The molecule has 0 aromatic heterocycles. The second-order valence-electron chi connectivity index (χ2n) is 3.06. The van der Waals surface area contributed by atoms with Gasteiger partial charge in [-0.25, -0.2) is 4.79 Å². The van der Waals surface area contributed by atoms with E-state index in [0.717, 1.165) is 5.56 Å². The molecule has 0 radical (unpaired) electrons. The number of benzene rings is 1. The maximum absolute atomic E-state index is 11.1. The fourth-order valence-electron chi connectivity index (χ4n) is 1.34. The first-order valence-corrected chi connectivity index (χ1v) is 4.59. The van der Waals surface area contributed by atoms with Crippen LogP contribution in [0.5, 0.6) is 0 Å². The molecule has 1 fully saturated rings. The minimum atomic E-state index is -0.460. The van der Waals surface area contributed by atoms with E-state index < -0.39 is 6.10 Å². The second-order valence-corrected chi connectivity index (χ2v) is 3.49. The minimum Gasteiger partial charge on any atom is -0.467 e. The lowest BCUT2D eigenvalue weighted by atomic mass is 10.1. The zero-order valence-electron chi connectivity index (χ0n) is 7.57. The van der Waals surface area contributed by atoms with E-state index in [1.165, 1.54) is 7.11 Å². The Morgan fingerprint density at radius 2 is 2.36 bits per heavy atom. The largest absolute Gasteiger partial charge is 0.467 e. The molecule has 2 unspecified atom stereocenters. The van der Waals surface area contributed by atoms with Crippen LogP contribution in [0.2, 0.25) is 5.02 Å². The number of methoxy groups -OCH3 is 1. The molecule has 0 spiro atoms. The number of halogens is 1. The lowest BCUT2D eigenvalue weighted by Crippen LogP contribution is -2.09. The molecule has 4 heteroatoms. The Morgan fingerprint density at radius 1 is 1.57 bits per heavy atom. The highest BCUT2D eigenvalue weighted by atomic mass is 35.5. The average molecular weight is 213 g/mol. The minimum absolute atomic E-state index is 0.193. The number of ether oxygens (including phenoxy) is 2. The van der Waals surface area contributed by atoms with Crippen molar-refractivity contribution < 1.29 is 14.3 Å². The van der Waals surface area contributed by atoms with Gasteiger partial charge in [0.2, 0.25) is 0 Å². The van der Waals surface area contributed by atoms with E-state index in [-0.39, 0.29) is 12.1 Å². The van der Waals surface area contributed by atoms with Crippen molar-refractivity contribution in [3.05, 3.63) is 34.9 Å². The highest BCUT2D eigenvalue weighted by Crippen LogP contribution is 2.39. The molecular weight excluding hydrogens is 204 g/mol. The summed E-state index contributed by atoms with van der Waals surface area (Å²) in [5, 5.41) is 0.640. The summed E-state index contributed by atoms with van der Waals surface area (Å²) in [5.74, 6) is -0.338. The van der Waals surface area contributed by atoms with E-state index in [1.807, 2.05) is 12.1 Å². The first kappa shape index (κ1) is 9.49. The molecule has 0 amide bonds. The number of rotatable bonds is 2. The maximum atomic E-state index is 11.1. The van der Waals surface area contributed by atoms with Gasteiger partial charge in [-0.15, -0.1) is 0 Å². The van der Waals surface area contributed by atoms with Crippen molar-refractivity contribution in [1.82, 2.24) is 0 Å². The van der Waals surface area contributed by atoms with Gasteiger partial charge in [0, 0.05) is 5.02 Å². The molecule has 0 N–H and O–H groups in total. The molecule has 0 bridgehead atoms. The molecule has 2 atom stereocenters. The van der Waals surface area contributed by atoms with Gasteiger partial charge in [-0.3, -0.25) is 0 Å². The van der Waals surface area contributed by atoms with Gasteiger partial charge >= 0.3 is 5.97 Å². The highest BCUT2D eigenvalue weighted by Gasteiger charge is 2.47. The van der Waals surface area contributed by atoms with Crippen molar-refractivity contribution in [2.24, 2.45) is 0 Å². The first-order valence-electron chi connectivity index (χ1n) is 4.21. The summed E-state index contributed by atoms with van der Waals surface area (Å²) in [6.45, 7) is 0. The molecular formula is C10H9ClO3. The summed E-state index contributed by atoms with van der Waals surface area (Å²) in [6.07, 6.45) is -0.653. The van der Waals surface area contributed by atoms with E-state index in [1.54, 1.807) is 12.1 Å². The van der Waals surface area contributed by atoms with Crippen molar-refractivity contribution >= 4 is 17.6 Å². The summed E-state index contributed by atoms with van der Waals surface area (Å²) in [7, 11) is 1.35. The van der Waals surface area contributed by atoms with Crippen LogP contribution in [0.3, 0.4) is 0 Å². The molecule has 14 heavy (non-hydrogen) atoms. The molecule has 1 aromatic carbocycles. The van der Waals surface area contributed by atoms with Gasteiger partial charge < -0.3 is 9.47 Å². The van der Waals surface area contributed by atoms with E-state index in [2.05, 4.69) is 4.74 Å². The van der Waals surface area contributed by atoms with Crippen molar-refractivity contribution in [2.75, 3.05) is 7.11 Å². The first-order chi connectivity index (χ1) is 6.72. The Hall–Kier alpha value is -1.06. The normalized spacial score (nSPS) is 24.4. The monoisotopic (exact) mass is 212 g/mol. The third-order valence-corrected chi connectivity index (χ3v) is 2.34. The molecule has 2 rings (SSSR count). The Bertz CT molecular complexity index is 364. The summed E-state index contributed by atoms with van der Waals surface area (Å²) in [5.41, 5.74) is 0.910. The molecule has 1 saturated heterocycles. The van der Waals surface area contributed by atoms with Crippen molar-refractivity contribution in [3.63, 3.8) is 0 Å². The van der Waals surface area contributed by atoms with Crippen LogP contribution in [-0.2, 0) is 14.3 Å². The lowest BCUT2D eigenvalue weighted by molar-refractivity contribution is -0.142. The fraction of sp³-hybridized carbons (Fsp3) is 0.300. The number of epoxide rings is 1. The van der Waals surface area contributed by atoms with E-state index in [0.29, 0.717) is 5.02 Å². The highest BCUT2D eigenvalue weighted by molar-refractivity contribution is 6.30. The van der Waals surface area contributed by atoms with E-state index in [9.17, 15) is 4.79 Å². The number of hydrogen-bond acceptors (Lipinski definition) is 3. The van der Waals surface area contributed by atoms with Gasteiger partial charge in [0.15, 0.2) is 6.10 Å². The predicted octanol–water partition coefficient (Wildman–Crippen LogP) is 1.95. The Labute approximate surface area is 86.6 Å². The molecule has 0 saturated carbocycles. The van der Waals surface area contributed by atoms with Crippen LogP contribution in [0.25, 0.3) is 0 Å². The summed E-state index contributed by atoms with van der Waals surface area (Å²) in [4.78, 5) is 11.1. The topological polar surface area (TPSA) is 38.8 Å². The van der Waals surface area contributed by atoms with Crippen LogP contribution in [-0.4, -0.2) is 19.2 Å². The van der Waals surface area contributed by atoms with E-state index >= 15 is 0 Å². The van der Waals surface area contributed by atoms with Gasteiger partial charge in [-0.1, -0.05) is 23.7 Å². The van der Waals surface area contributed by atoms with Gasteiger partial charge in [0.25, 0.3) is 0 Å². The molecule has 74 valence electrons. The predicted molar refractivity (Wildman–Crippen MR) is 51.1 cm³/mol.